The lowest BCUT2D eigenvalue weighted by molar-refractivity contribution is -0.134. The van der Waals surface area contributed by atoms with E-state index in [4.69, 9.17) is 34.3 Å². The number of methoxy groups -OCH3 is 1. The van der Waals surface area contributed by atoms with Crippen LogP contribution in [0.1, 0.15) is 133 Å². The SMILES string of the molecule is CCCCCCCCCCCCCCCCCCOC[C@@H](COP(=O)(O)OC[C@@](C#N)(OC)[C@@H](O)[C@@H](O)c1ccc2c(N)ncnn12)OCc1cnc(C#N)cn1. The number of unbranched alkanes of at least 4 members (excludes halogenated alkanes) is 15. The van der Waals surface area contributed by atoms with E-state index in [0.29, 0.717) is 17.8 Å². The second-order valence-electron chi connectivity index (χ2n) is 14.1. The number of phosphoric ester groups is 1. The predicted octanol–water partition coefficient (Wildman–Crippen LogP) is 6.27. The molecule has 3 rings (SSSR count). The van der Waals surface area contributed by atoms with Gasteiger partial charge in [-0.15, -0.1) is 0 Å². The number of nitriles is 2. The number of aliphatic hydroxyl groups is 2. The number of ether oxygens (including phenoxy) is 3. The van der Waals surface area contributed by atoms with Crippen molar-refractivity contribution in [1.82, 2.24) is 24.6 Å². The molecule has 0 saturated heterocycles. The zero-order valence-corrected chi connectivity index (χ0v) is 34.3. The minimum Gasteiger partial charge on any atom is -0.386 e. The average molecular weight is 817 g/mol. The Morgan fingerprint density at radius 2 is 1.51 bits per heavy atom. The Morgan fingerprint density at radius 1 is 0.877 bits per heavy atom. The molecule has 17 nitrogen and oxygen atoms in total. The van der Waals surface area contributed by atoms with Gasteiger partial charge >= 0.3 is 7.82 Å². The molecule has 5 atom stereocenters. The van der Waals surface area contributed by atoms with Crippen LogP contribution in [0.4, 0.5) is 5.82 Å². The summed E-state index contributed by atoms with van der Waals surface area (Å²) < 4.78 is 41.6. The zero-order valence-electron chi connectivity index (χ0n) is 33.4. The number of nitrogens with zero attached hydrogens (tertiary/aromatic N) is 7. The summed E-state index contributed by atoms with van der Waals surface area (Å²) in [5, 5.41) is 45.1. The van der Waals surface area contributed by atoms with Gasteiger partial charge in [0, 0.05) is 13.7 Å². The molecule has 0 amide bonds. The Kier molecular flexibility index (Phi) is 22.1. The fraction of sp³-hybridized carbons (Fsp3) is 0.692. The van der Waals surface area contributed by atoms with Crippen molar-refractivity contribution >= 4 is 19.2 Å². The highest BCUT2D eigenvalue weighted by Crippen LogP contribution is 2.45. The number of hydrogen-bond acceptors (Lipinski definition) is 15. The van der Waals surface area contributed by atoms with E-state index in [1.807, 2.05) is 6.07 Å². The minimum absolute atomic E-state index is 0.0207. The van der Waals surface area contributed by atoms with Crippen LogP contribution in [0.15, 0.2) is 30.9 Å². The number of aliphatic hydroxyl groups excluding tert-OH is 2. The molecule has 0 aromatic carbocycles. The molecule has 0 saturated carbocycles. The van der Waals surface area contributed by atoms with Crippen molar-refractivity contribution in [2.45, 2.75) is 140 Å². The first-order chi connectivity index (χ1) is 27.6. The first-order valence-electron chi connectivity index (χ1n) is 20.0. The third kappa shape index (κ3) is 16.6. The van der Waals surface area contributed by atoms with Crippen molar-refractivity contribution in [3.05, 3.63) is 47.9 Å². The van der Waals surface area contributed by atoms with Crippen LogP contribution < -0.4 is 5.73 Å². The number of aromatic nitrogens is 5. The summed E-state index contributed by atoms with van der Waals surface area (Å²) in [5.74, 6) is 0.121. The monoisotopic (exact) mass is 816 g/mol. The maximum atomic E-state index is 13.0. The highest BCUT2D eigenvalue weighted by molar-refractivity contribution is 7.47. The summed E-state index contributed by atoms with van der Waals surface area (Å²) in [5.41, 5.74) is 4.50. The molecular weight excluding hydrogens is 755 g/mol. The van der Waals surface area contributed by atoms with E-state index < -0.39 is 44.9 Å². The average Bonchev–Trinajstić information content (AvgIpc) is 3.67. The van der Waals surface area contributed by atoms with Gasteiger partial charge in [0.1, 0.15) is 48.9 Å². The lowest BCUT2D eigenvalue weighted by Crippen LogP contribution is -2.50. The van der Waals surface area contributed by atoms with Crippen LogP contribution in [0, 0.1) is 22.7 Å². The highest BCUT2D eigenvalue weighted by Gasteiger charge is 2.46. The summed E-state index contributed by atoms with van der Waals surface area (Å²) >= 11 is 0. The van der Waals surface area contributed by atoms with E-state index in [1.54, 1.807) is 6.07 Å². The fourth-order valence-electron chi connectivity index (χ4n) is 6.22. The molecular formula is C39H61N8O9P. The smallest absolute Gasteiger partial charge is 0.386 e. The number of nitrogens with two attached hydrogens (primary N) is 1. The molecule has 316 valence electrons. The van der Waals surface area contributed by atoms with Gasteiger partial charge in [0.15, 0.2) is 11.5 Å². The number of rotatable bonds is 32. The molecule has 0 spiro atoms. The van der Waals surface area contributed by atoms with Gasteiger partial charge in [0.05, 0.1) is 43.6 Å². The number of hydrogen-bond donors (Lipinski definition) is 4. The Labute approximate surface area is 336 Å². The third-order valence-electron chi connectivity index (χ3n) is 9.74. The van der Waals surface area contributed by atoms with Gasteiger partial charge < -0.3 is 35.1 Å². The van der Waals surface area contributed by atoms with Crippen molar-refractivity contribution < 1.29 is 42.9 Å². The summed E-state index contributed by atoms with van der Waals surface area (Å²) in [6.07, 6.45) is 19.4. The standard InChI is InChI=1S/C39H61N8O9P/c1-3-4-5-6-7-8-9-10-11-12-13-14-15-16-17-18-21-53-26-33(54-25-32-24-43-31(22-40)23-44-32)27-55-57(50,51)56-29-39(28-41,52-2)37(49)36(48)34-19-20-35-38(42)45-30-46-47(34)35/h19-20,23-24,30,33,36-37,48-49H,3-18,21,25-27,29H2,1-2H3,(H,50,51)(H2,42,45,46)/t33-,36-,37-,39+/m0/s1. The molecule has 0 aliphatic rings. The molecule has 0 bridgehead atoms. The van der Waals surface area contributed by atoms with Crippen molar-refractivity contribution in [3.63, 3.8) is 0 Å². The first kappa shape index (κ1) is 47.8. The molecule has 3 aromatic heterocycles. The van der Waals surface area contributed by atoms with Crippen LogP contribution in [0.5, 0.6) is 0 Å². The molecule has 3 heterocycles. The lowest BCUT2D eigenvalue weighted by Gasteiger charge is -2.33. The van der Waals surface area contributed by atoms with E-state index >= 15 is 0 Å². The topological polar surface area (TPSA) is 253 Å². The number of nitrogen functional groups attached to an aromatic ring is 1. The summed E-state index contributed by atoms with van der Waals surface area (Å²) in [6.45, 7) is 1.26. The van der Waals surface area contributed by atoms with Crippen LogP contribution in [-0.2, 0) is 34.4 Å². The van der Waals surface area contributed by atoms with Crippen molar-refractivity contribution in [2.24, 2.45) is 0 Å². The Bertz CT molecular complexity index is 1700. The molecule has 0 aliphatic carbocycles. The second kappa shape index (κ2) is 26.4. The van der Waals surface area contributed by atoms with Gasteiger partial charge in [-0.3, -0.25) is 14.0 Å². The second-order valence-corrected chi connectivity index (χ2v) is 15.6. The van der Waals surface area contributed by atoms with Crippen LogP contribution in [0.2, 0.25) is 0 Å². The molecule has 57 heavy (non-hydrogen) atoms. The van der Waals surface area contributed by atoms with E-state index in [-0.39, 0.29) is 30.4 Å². The van der Waals surface area contributed by atoms with Gasteiger partial charge in [-0.1, -0.05) is 103 Å². The Morgan fingerprint density at radius 3 is 2.07 bits per heavy atom. The van der Waals surface area contributed by atoms with Crippen LogP contribution in [0.25, 0.3) is 5.52 Å². The largest absolute Gasteiger partial charge is 0.472 e. The zero-order chi connectivity index (χ0) is 41.4. The molecule has 0 aliphatic heterocycles. The summed E-state index contributed by atoms with van der Waals surface area (Å²) in [7, 11) is -3.82. The van der Waals surface area contributed by atoms with Crippen molar-refractivity contribution in [3.8, 4) is 12.1 Å². The maximum Gasteiger partial charge on any atom is 0.472 e. The van der Waals surface area contributed by atoms with E-state index in [2.05, 4.69) is 27.0 Å². The van der Waals surface area contributed by atoms with Gasteiger partial charge in [-0.05, 0) is 18.6 Å². The molecule has 5 N–H and O–H groups in total. The van der Waals surface area contributed by atoms with Gasteiger partial charge in [-0.25, -0.2) is 19.0 Å². The molecule has 0 radical (unpaired) electrons. The Hall–Kier alpha value is -3.61. The molecule has 18 heteroatoms. The van der Waals surface area contributed by atoms with Crippen molar-refractivity contribution in [1.29, 1.82) is 10.5 Å². The number of phosphoric acid groups is 1. The van der Waals surface area contributed by atoms with E-state index in [1.165, 1.54) is 113 Å². The van der Waals surface area contributed by atoms with Crippen LogP contribution in [-0.4, -0.2) is 91.0 Å². The molecule has 1 unspecified atom stereocenters. The highest BCUT2D eigenvalue weighted by atomic mass is 31.2. The summed E-state index contributed by atoms with van der Waals surface area (Å²) in [4.78, 5) is 22.6. The third-order valence-corrected chi connectivity index (χ3v) is 10.7. The molecule has 0 fully saturated rings. The summed E-state index contributed by atoms with van der Waals surface area (Å²) in [6, 6.07) is 6.58. The van der Waals surface area contributed by atoms with Gasteiger partial charge in [0.2, 0.25) is 5.60 Å². The van der Waals surface area contributed by atoms with Crippen LogP contribution >= 0.6 is 7.82 Å². The van der Waals surface area contributed by atoms with Crippen molar-refractivity contribution in [2.75, 3.05) is 39.3 Å². The van der Waals surface area contributed by atoms with Gasteiger partial charge in [0.25, 0.3) is 0 Å². The maximum absolute atomic E-state index is 13.0. The van der Waals surface area contributed by atoms with Crippen LogP contribution in [0.3, 0.4) is 0 Å². The number of anilines is 1. The lowest BCUT2D eigenvalue weighted by atomic mass is 9.93. The van der Waals surface area contributed by atoms with Gasteiger partial charge in [-0.2, -0.15) is 15.6 Å². The van der Waals surface area contributed by atoms with E-state index in [0.717, 1.165) is 32.7 Å². The number of fused-ring (bicyclic) bond motifs is 1. The van der Waals surface area contributed by atoms with E-state index in [9.17, 15) is 24.9 Å². The predicted molar refractivity (Wildman–Crippen MR) is 211 cm³/mol. The first-order valence-corrected chi connectivity index (χ1v) is 21.5. The molecule has 3 aromatic rings. The normalized spacial score (nSPS) is 15.4. The Balaban J connectivity index is 1.43. The minimum atomic E-state index is -4.90. The quantitative estimate of drug-likeness (QED) is 0.0400. The fourth-order valence-corrected chi connectivity index (χ4v) is 7.00.